The fourth-order valence-electron chi connectivity index (χ4n) is 3.48. The Labute approximate surface area is 209 Å². The van der Waals surface area contributed by atoms with Crippen molar-refractivity contribution in [3.05, 3.63) is 59.9 Å². The molecule has 1 aromatic carbocycles. The molecule has 0 aliphatic carbocycles. The summed E-state index contributed by atoms with van der Waals surface area (Å²) in [7, 11) is 1.49. The largest absolute Gasteiger partial charge is 0.375 e. The summed E-state index contributed by atoms with van der Waals surface area (Å²) in [5.41, 5.74) is 5.13. The number of pyridine rings is 1. The zero-order valence-corrected chi connectivity index (χ0v) is 21.3. The van der Waals surface area contributed by atoms with E-state index in [1.165, 1.54) is 18.4 Å². The van der Waals surface area contributed by atoms with Crippen LogP contribution in [-0.4, -0.2) is 42.2 Å². The highest BCUT2D eigenvalue weighted by Crippen LogP contribution is 2.37. The van der Waals surface area contributed by atoms with E-state index in [0.29, 0.717) is 17.4 Å². The first-order valence-corrected chi connectivity index (χ1v) is 12.3. The topological polar surface area (TPSA) is 105 Å². The molecule has 8 nitrogen and oxygen atoms in total. The quantitative estimate of drug-likeness (QED) is 0.330. The van der Waals surface area contributed by atoms with E-state index in [1.54, 1.807) is 6.20 Å². The molecule has 3 N–H and O–H groups in total. The number of carbonyl (C=O) groups is 2. The molecule has 0 spiro atoms. The number of hydrogen-bond donors (Lipinski definition) is 3. The Balaban J connectivity index is 2.11. The van der Waals surface area contributed by atoms with E-state index >= 15 is 0 Å². The van der Waals surface area contributed by atoms with Crippen molar-refractivity contribution in [2.45, 2.75) is 33.6 Å². The molecule has 35 heavy (non-hydrogen) atoms. The number of unbranched alkanes of at least 4 members (excludes halogenated alkanes) is 1. The molecule has 2 aromatic heterocycles. The lowest BCUT2D eigenvalue weighted by molar-refractivity contribution is -0.123. The van der Waals surface area contributed by atoms with Crippen molar-refractivity contribution in [2.24, 2.45) is 0 Å². The van der Waals surface area contributed by atoms with E-state index in [9.17, 15) is 9.59 Å². The SMILES string of the molecule is CCC/C=C(\C=C(/C)NC(=O)COC)c1cc(-c2ccccn2)c2sc(NC(=O)NCC)nc2c1. The second-order valence-electron chi connectivity index (χ2n) is 7.85. The number of aromatic nitrogens is 2. The van der Waals surface area contributed by atoms with Crippen LogP contribution in [0.4, 0.5) is 9.93 Å². The van der Waals surface area contributed by atoms with E-state index in [1.807, 2.05) is 44.2 Å². The Morgan fingerprint density at radius 2 is 2.03 bits per heavy atom. The third-order valence-corrected chi connectivity index (χ3v) is 5.98. The van der Waals surface area contributed by atoms with Gasteiger partial charge in [-0.2, -0.15) is 0 Å². The molecular formula is C26H31N5O3S. The lowest BCUT2D eigenvalue weighted by Gasteiger charge is -2.10. The van der Waals surface area contributed by atoms with Gasteiger partial charge in [-0.1, -0.05) is 36.8 Å². The normalized spacial score (nSPS) is 12.0. The van der Waals surface area contributed by atoms with Gasteiger partial charge in [0.15, 0.2) is 5.13 Å². The van der Waals surface area contributed by atoms with Gasteiger partial charge in [0, 0.05) is 31.1 Å². The fraction of sp³-hybridized carbons (Fsp3) is 0.308. The van der Waals surface area contributed by atoms with Crippen LogP contribution in [0, 0.1) is 0 Å². The summed E-state index contributed by atoms with van der Waals surface area (Å²) < 4.78 is 5.85. The molecule has 0 radical (unpaired) electrons. The van der Waals surface area contributed by atoms with E-state index in [4.69, 9.17) is 4.74 Å². The maximum atomic E-state index is 12.1. The third-order valence-electron chi connectivity index (χ3n) is 4.96. The van der Waals surface area contributed by atoms with Gasteiger partial charge in [-0.05, 0) is 61.7 Å². The number of rotatable bonds is 10. The minimum atomic E-state index is -0.292. The number of fused-ring (bicyclic) bond motifs is 1. The number of amides is 3. The first kappa shape index (κ1) is 26.1. The molecular weight excluding hydrogens is 462 g/mol. The molecule has 3 amide bonds. The Bertz CT molecular complexity index is 1230. The van der Waals surface area contributed by atoms with Crippen LogP contribution in [0.1, 0.15) is 39.2 Å². The molecule has 3 aromatic rings. The zero-order valence-electron chi connectivity index (χ0n) is 20.5. The van der Waals surface area contributed by atoms with Crippen molar-refractivity contribution >= 4 is 44.2 Å². The molecule has 0 unspecified atom stereocenters. The van der Waals surface area contributed by atoms with Gasteiger partial charge in [0.2, 0.25) is 5.91 Å². The number of thiazole rings is 1. The Morgan fingerprint density at radius 1 is 1.20 bits per heavy atom. The van der Waals surface area contributed by atoms with Gasteiger partial charge < -0.3 is 15.4 Å². The summed E-state index contributed by atoms with van der Waals surface area (Å²) in [5.74, 6) is -0.207. The molecule has 184 valence electrons. The molecule has 3 rings (SSSR count). The molecule has 0 aliphatic heterocycles. The van der Waals surface area contributed by atoms with Crippen LogP contribution >= 0.6 is 11.3 Å². The minimum absolute atomic E-state index is 0.00478. The Hall–Kier alpha value is -3.56. The average molecular weight is 494 g/mol. The number of benzene rings is 1. The van der Waals surface area contributed by atoms with Gasteiger partial charge in [0.1, 0.15) is 6.61 Å². The minimum Gasteiger partial charge on any atom is -0.375 e. The van der Waals surface area contributed by atoms with Crippen LogP contribution in [0.5, 0.6) is 0 Å². The average Bonchev–Trinajstić information content (AvgIpc) is 3.24. The summed E-state index contributed by atoms with van der Waals surface area (Å²) in [6, 6.07) is 9.57. The molecule has 0 saturated carbocycles. The van der Waals surface area contributed by atoms with Gasteiger partial charge in [-0.15, -0.1) is 0 Å². The molecule has 0 saturated heterocycles. The summed E-state index contributed by atoms with van der Waals surface area (Å²) in [6.07, 6.45) is 7.72. The van der Waals surface area contributed by atoms with Gasteiger partial charge in [0.05, 0.1) is 15.9 Å². The molecule has 2 heterocycles. The highest BCUT2D eigenvalue weighted by atomic mass is 32.1. The van der Waals surface area contributed by atoms with Crippen LogP contribution in [0.15, 0.2) is 54.4 Å². The second-order valence-corrected chi connectivity index (χ2v) is 8.85. The monoisotopic (exact) mass is 493 g/mol. The van der Waals surface area contributed by atoms with Crippen LogP contribution in [0.3, 0.4) is 0 Å². The number of urea groups is 1. The van der Waals surface area contributed by atoms with E-state index in [-0.39, 0.29) is 18.5 Å². The number of ether oxygens (including phenoxy) is 1. The molecule has 0 bridgehead atoms. The number of allylic oxidation sites excluding steroid dienone is 4. The van der Waals surface area contributed by atoms with Crippen molar-refractivity contribution in [3.63, 3.8) is 0 Å². The van der Waals surface area contributed by atoms with Crippen molar-refractivity contribution in [2.75, 3.05) is 25.6 Å². The zero-order chi connectivity index (χ0) is 25.2. The van der Waals surface area contributed by atoms with Crippen molar-refractivity contribution in [1.29, 1.82) is 0 Å². The highest BCUT2D eigenvalue weighted by Gasteiger charge is 2.15. The van der Waals surface area contributed by atoms with Crippen LogP contribution in [0.2, 0.25) is 0 Å². The fourth-order valence-corrected chi connectivity index (χ4v) is 4.45. The second kappa shape index (κ2) is 12.8. The van der Waals surface area contributed by atoms with Crippen LogP contribution in [0.25, 0.3) is 27.0 Å². The molecule has 0 aliphatic rings. The van der Waals surface area contributed by atoms with Gasteiger partial charge in [0.25, 0.3) is 0 Å². The van der Waals surface area contributed by atoms with Crippen molar-refractivity contribution in [3.8, 4) is 11.3 Å². The number of nitrogens with one attached hydrogen (secondary N) is 3. The summed E-state index contributed by atoms with van der Waals surface area (Å²) >= 11 is 1.41. The van der Waals surface area contributed by atoms with Crippen LogP contribution < -0.4 is 16.0 Å². The molecule has 0 atom stereocenters. The number of nitrogens with zero attached hydrogens (tertiary/aromatic N) is 2. The highest BCUT2D eigenvalue weighted by molar-refractivity contribution is 7.22. The number of methoxy groups -OCH3 is 1. The van der Waals surface area contributed by atoms with E-state index < -0.39 is 0 Å². The smallest absolute Gasteiger partial charge is 0.321 e. The molecule has 9 heteroatoms. The summed E-state index contributed by atoms with van der Waals surface area (Å²) in [5, 5.41) is 8.90. The first-order valence-electron chi connectivity index (χ1n) is 11.5. The maximum absolute atomic E-state index is 12.1. The predicted octanol–water partition coefficient (Wildman–Crippen LogP) is 5.35. The predicted molar refractivity (Wildman–Crippen MR) is 142 cm³/mol. The summed E-state index contributed by atoms with van der Waals surface area (Å²) in [4.78, 5) is 33.3. The van der Waals surface area contributed by atoms with Crippen molar-refractivity contribution < 1.29 is 14.3 Å². The number of carbonyl (C=O) groups excluding carboxylic acids is 2. The lowest BCUT2D eigenvalue weighted by Crippen LogP contribution is -2.28. The van der Waals surface area contributed by atoms with E-state index in [0.717, 1.165) is 45.5 Å². The maximum Gasteiger partial charge on any atom is 0.321 e. The standard InChI is InChI=1S/C26H31N5O3S/c1-5-7-10-18(13-17(3)29-23(32)16-34-4)19-14-20(21-11-8-9-12-28-21)24-22(15-19)30-26(35-24)31-25(33)27-6-2/h8-15H,5-7,16H2,1-4H3,(H,29,32)(H2,27,30,31,33)/b17-13+,18-10+. The van der Waals surface area contributed by atoms with Gasteiger partial charge in [-0.25, -0.2) is 9.78 Å². The van der Waals surface area contributed by atoms with E-state index in [2.05, 4.69) is 45.0 Å². The Kier molecular flexibility index (Phi) is 9.51. The van der Waals surface area contributed by atoms with Gasteiger partial charge >= 0.3 is 6.03 Å². The van der Waals surface area contributed by atoms with Crippen LogP contribution in [-0.2, 0) is 9.53 Å². The lowest BCUT2D eigenvalue weighted by atomic mass is 9.98. The van der Waals surface area contributed by atoms with Crippen molar-refractivity contribution in [1.82, 2.24) is 20.6 Å². The number of anilines is 1. The van der Waals surface area contributed by atoms with Gasteiger partial charge in [-0.3, -0.25) is 15.1 Å². The first-order chi connectivity index (χ1) is 16.9. The summed E-state index contributed by atoms with van der Waals surface area (Å²) in [6.45, 7) is 6.35. The Morgan fingerprint density at radius 3 is 2.71 bits per heavy atom. The third kappa shape index (κ3) is 7.21. The number of hydrogen-bond acceptors (Lipinski definition) is 6. The molecule has 0 fully saturated rings.